The molecule has 0 spiro atoms. The number of halogens is 1. The smallest absolute Gasteiger partial charge is 0.128 e. The second kappa shape index (κ2) is 6.21. The minimum Gasteiger partial charge on any atom is -0.310 e. The van der Waals surface area contributed by atoms with Gasteiger partial charge in [0.15, 0.2) is 0 Å². The van der Waals surface area contributed by atoms with Crippen molar-refractivity contribution in [2.75, 3.05) is 0 Å². The van der Waals surface area contributed by atoms with E-state index in [2.05, 4.69) is 24.3 Å². The molecule has 0 saturated carbocycles. The molecule has 0 amide bonds. The van der Waals surface area contributed by atoms with Crippen LogP contribution >= 0.6 is 11.8 Å². The van der Waals surface area contributed by atoms with E-state index in [0.717, 1.165) is 9.79 Å². The topological polar surface area (TPSA) is 29.9 Å². The van der Waals surface area contributed by atoms with Gasteiger partial charge in [0, 0.05) is 36.3 Å². The number of aryl methyl sites for hydroxylation is 1. The van der Waals surface area contributed by atoms with Crippen LogP contribution in [0.4, 0.5) is 4.39 Å². The van der Waals surface area contributed by atoms with Crippen LogP contribution in [-0.2, 0) is 13.6 Å². The molecule has 2 aromatic rings. The van der Waals surface area contributed by atoms with E-state index in [4.69, 9.17) is 0 Å². The van der Waals surface area contributed by atoms with Gasteiger partial charge in [0.1, 0.15) is 5.82 Å². The summed E-state index contributed by atoms with van der Waals surface area (Å²) in [6, 6.07) is 5.52. The number of aromatic nitrogens is 2. The summed E-state index contributed by atoms with van der Waals surface area (Å²) in [5.74, 6) is -0.165. The quantitative estimate of drug-likeness (QED) is 0.911. The Balaban J connectivity index is 2.21. The lowest BCUT2D eigenvalue weighted by atomic mass is 10.2. The molecule has 1 aromatic carbocycles. The van der Waals surface area contributed by atoms with Crippen molar-refractivity contribution < 1.29 is 4.39 Å². The van der Waals surface area contributed by atoms with Gasteiger partial charge in [0.25, 0.3) is 0 Å². The van der Waals surface area contributed by atoms with E-state index in [1.165, 1.54) is 17.8 Å². The van der Waals surface area contributed by atoms with Gasteiger partial charge in [-0.3, -0.25) is 4.68 Å². The summed E-state index contributed by atoms with van der Waals surface area (Å²) < 4.78 is 15.7. The molecule has 0 aliphatic carbocycles. The second-order valence-electron chi connectivity index (χ2n) is 4.70. The minimum absolute atomic E-state index is 0.165. The highest BCUT2D eigenvalue weighted by atomic mass is 32.2. The van der Waals surface area contributed by atoms with Crippen molar-refractivity contribution in [3.05, 3.63) is 42.0 Å². The van der Waals surface area contributed by atoms with Gasteiger partial charge in [0.05, 0.1) is 11.1 Å². The third-order valence-corrected chi connectivity index (χ3v) is 3.72. The molecule has 0 radical (unpaired) electrons. The van der Waals surface area contributed by atoms with Gasteiger partial charge in [-0.1, -0.05) is 31.7 Å². The number of nitrogens with one attached hydrogen (secondary N) is 1. The molecule has 19 heavy (non-hydrogen) atoms. The molecule has 5 heteroatoms. The monoisotopic (exact) mass is 279 g/mol. The van der Waals surface area contributed by atoms with Crippen LogP contribution in [0.2, 0.25) is 0 Å². The molecule has 1 aromatic heterocycles. The van der Waals surface area contributed by atoms with Crippen LogP contribution in [0, 0.1) is 5.82 Å². The van der Waals surface area contributed by atoms with E-state index in [9.17, 15) is 4.39 Å². The van der Waals surface area contributed by atoms with E-state index in [1.54, 1.807) is 16.9 Å². The standard InChI is InChI=1S/C14H18FN3S/c1-10(2)16-8-12-13(15)5-4-6-14(12)19-11-7-17-18(3)9-11/h4-7,9-10,16H,8H2,1-3H3. The van der Waals surface area contributed by atoms with Crippen molar-refractivity contribution in [1.82, 2.24) is 15.1 Å². The molecule has 0 unspecified atom stereocenters. The van der Waals surface area contributed by atoms with E-state index in [0.29, 0.717) is 18.2 Å². The molecule has 1 heterocycles. The first-order valence-corrected chi connectivity index (χ1v) is 7.05. The molecule has 0 saturated heterocycles. The number of benzene rings is 1. The van der Waals surface area contributed by atoms with Crippen molar-refractivity contribution in [3.8, 4) is 0 Å². The van der Waals surface area contributed by atoms with Crippen LogP contribution in [0.15, 0.2) is 40.4 Å². The zero-order valence-electron chi connectivity index (χ0n) is 11.4. The number of nitrogens with zero attached hydrogens (tertiary/aromatic N) is 2. The average Bonchev–Trinajstić information content (AvgIpc) is 2.74. The number of hydrogen-bond donors (Lipinski definition) is 1. The molecule has 0 atom stereocenters. The lowest BCUT2D eigenvalue weighted by Gasteiger charge is -2.12. The van der Waals surface area contributed by atoms with Gasteiger partial charge in [-0.2, -0.15) is 5.10 Å². The third-order valence-electron chi connectivity index (χ3n) is 2.67. The predicted molar refractivity (Wildman–Crippen MR) is 75.7 cm³/mol. The van der Waals surface area contributed by atoms with Crippen LogP contribution in [0.3, 0.4) is 0 Å². The molecule has 0 fully saturated rings. The van der Waals surface area contributed by atoms with E-state index in [1.807, 2.05) is 19.3 Å². The first-order valence-electron chi connectivity index (χ1n) is 6.23. The van der Waals surface area contributed by atoms with Crippen molar-refractivity contribution in [3.63, 3.8) is 0 Å². The molecule has 3 nitrogen and oxygen atoms in total. The Bertz CT molecular complexity index is 551. The second-order valence-corrected chi connectivity index (χ2v) is 5.82. The summed E-state index contributed by atoms with van der Waals surface area (Å²) in [6.45, 7) is 4.64. The van der Waals surface area contributed by atoms with Crippen molar-refractivity contribution in [2.24, 2.45) is 7.05 Å². The fourth-order valence-electron chi connectivity index (χ4n) is 1.69. The van der Waals surface area contributed by atoms with Crippen LogP contribution in [0.1, 0.15) is 19.4 Å². The van der Waals surface area contributed by atoms with Gasteiger partial charge < -0.3 is 5.32 Å². The molecule has 0 aliphatic rings. The minimum atomic E-state index is -0.165. The van der Waals surface area contributed by atoms with E-state index in [-0.39, 0.29) is 5.82 Å². The molecule has 1 N–H and O–H groups in total. The number of rotatable bonds is 5. The first-order chi connectivity index (χ1) is 9.06. The van der Waals surface area contributed by atoms with Crippen LogP contribution in [-0.4, -0.2) is 15.8 Å². The fraction of sp³-hybridized carbons (Fsp3) is 0.357. The molecular formula is C14H18FN3S. The lowest BCUT2D eigenvalue weighted by Crippen LogP contribution is -2.22. The third kappa shape index (κ3) is 3.81. The maximum Gasteiger partial charge on any atom is 0.128 e. The molecule has 102 valence electrons. The first kappa shape index (κ1) is 14.1. The molecule has 0 bridgehead atoms. The van der Waals surface area contributed by atoms with Gasteiger partial charge in [0.2, 0.25) is 0 Å². The van der Waals surface area contributed by atoms with Crippen molar-refractivity contribution in [2.45, 2.75) is 36.2 Å². The summed E-state index contributed by atoms with van der Waals surface area (Å²) in [4.78, 5) is 1.94. The highest BCUT2D eigenvalue weighted by molar-refractivity contribution is 7.99. The SMILES string of the molecule is CC(C)NCc1c(F)cccc1Sc1cnn(C)c1. The molecule has 0 aliphatic heterocycles. The highest BCUT2D eigenvalue weighted by Gasteiger charge is 2.10. The summed E-state index contributed by atoms with van der Waals surface area (Å²) >= 11 is 1.54. The normalized spacial score (nSPS) is 11.2. The maximum atomic E-state index is 13.9. The van der Waals surface area contributed by atoms with Gasteiger partial charge in [-0.05, 0) is 12.1 Å². The van der Waals surface area contributed by atoms with Crippen molar-refractivity contribution in [1.29, 1.82) is 0 Å². The summed E-state index contributed by atoms with van der Waals surface area (Å²) in [6.07, 6.45) is 3.71. The fourth-order valence-corrected chi connectivity index (χ4v) is 2.69. The Morgan fingerprint density at radius 1 is 1.42 bits per heavy atom. The molecule has 2 rings (SSSR count). The Morgan fingerprint density at radius 2 is 2.21 bits per heavy atom. The van der Waals surface area contributed by atoms with Gasteiger partial charge in [-0.25, -0.2) is 4.39 Å². The largest absolute Gasteiger partial charge is 0.310 e. The van der Waals surface area contributed by atoms with Crippen molar-refractivity contribution >= 4 is 11.8 Å². The Morgan fingerprint density at radius 3 is 2.84 bits per heavy atom. The summed E-state index contributed by atoms with van der Waals surface area (Å²) in [7, 11) is 1.87. The zero-order chi connectivity index (χ0) is 13.8. The molecular weight excluding hydrogens is 261 g/mol. The zero-order valence-corrected chi connectivity index (χ0v) is 12.2. The number of hydrogen-bond acceptors (Lipinski definition) is 3. The summed E-state index contributed by atoms with van der Waals surface area (Å²) in [5, 5.41) is 7.39. The van der Waals surface area contributed by atoms with Gasteiger partial charge in [-0.15, -0.1) is 0 Å². The van der Waals surface area contributed by atoms with Gasteiger partial charge >= 0.3 is 0 Å². The van der Waals surface area contributed by atoms with Crippen LogP contribution in [0.25, 0.3) is 0 Å². The highest BCUT2D eigenvalue weighted by Crippen LogP contribution is 2.31. The Kier molecular flexibility index (Phi) is 4.61. The van der Waals surface area contributed by atoms with E-state index >= 15 is 0 Å². The van der Waals surface area contributed by atoms with Crippen LogP contribution in [0.5, 0.6) is 0 Å². The van der Waals surface area contributed by atoms with Crippen LogP contribution < -0.4 is 5.32 Å². The Hall–Kier alpha value is -1.33. The Labute approximate surface area is 117 Å². The maximum absolute atomic E-state index is 13.9. The lowest BCUT2D eigenvalue weighted by molar-refractivity contribution is 0.546. The predicted octanol–water partition coefficient (Wildman–Crippen LogP) is 3.21. The summed E-state index contributed by atoms with van der Waals surface area (Å²) in [5.41, 5.74) is 0.713. The average molecular weight is 279 g/mol. The van der Waals surface area contributed by atoms with E-state index < -0.39 is 0 Å².